The van der Waals surface area contributed by atoms with Gasteiger partial charge >= 0.3 is 5.97 Å². The normalized spacial score (nSPS) is 16.0. The first-order valence-corrected chi connectivity index (χ1v) is 26.7. The van der Waals surface area contributed by atoms with E-state index in [9.17, 15) is 27.9 Å². The number of anilines is 2. The highest BCUT2D eigenvalue weighted by Gasteiger charge is 2.54. The Labute approximate surface area is 441 Å². The molecule has 1 aliphatic carbocycles. The fraction of sp³-hybridized carbons (Fsp3) is 0.158. The number of carboxylic acids is 1. The monoisotopic (exact) mass is 1060 g/mol. The standard InChI is InChI=1S/C57H47Cl2N5O8S2/c1-61(32-36-21-25-40(26-22-36)71-33-37-34-73-56-53(55(66)64(56)54(37)57(67)68)60-51(65)29-35-13-5-4-6-14-35)74(69,70)50-20-12-7-15-43(50)52-41-27-23-38(62(2)46-18-10-8-16-44(46)58)30-48(41)72-49-31-39(24-28-42(49)52)63(3)47-19-11-9-17-45(47)59/h4-28,30-31,53,56H,29,32-34H2,1-3H3,(H-,60,65,67,68)/p+1/t53-,56-/m1/s1. The number of para-hydroxylation sites is 2. The summed E-state index contributed by atoms with van der Waals surface area (Å²) in [6, 6.07) is 48.9. The largest absolute Gasteiger partial charge is 0.489 e. The first kappa shape index (κ1) is 50.1. The number of hydrogen-bond donors (Lipinski definition) is 2. The number of amides is 2. The molecule has 10 rings (SSSR count). The third-order valence-electron chi connectivity index (χ3n) is 13.3. The topological polar surface area (TPSA) is 153 Å². The zero-order valence-electron chi connectivity index (χ0n) is 40.2. The van der Waals surface area contributed by atoms with Crippen LogP contribution >= 0.6 is 35.0 Å². The van der Waals surface area contributed by atoms with E-state index >= 15 is 0 Å². The lowest BCUT2D eigenvalue weighted by atomic mass is 9.93. The van der Waals surface area contributed by atoms with Crippen molar-refractivity contribution < 1.29 is 37.1 Å². The van der Waals surface area contributed by atoms with Crippen molar-refractivity contribution in [3.63, 3.8) is 0 Å². The van der Waals surface area contributed by atoms with Crippen LogP contribution in [0.5, 0.6) is 5.75 Å². The van der Waals surface area contributed by atoms with E-state index in [0.29, 0.717) is 60.4 Å². The van der Waals surface area contributed by atoms with Gasteiger partial charge < -0.3 is 24.5 Å². The van der Waals surface area contributed by atoms with Crippen LogP contribution < -0.4 is 24.9 Å². The molecule has 3 aliphatic heterocycles. The average Bonchev–Trinajstić information content (AvgIpc) is 3.41. The molecule has 374 valence electrons. The first-order valence-electron chi connectivity index (χ1n) is 23.5. The summed E-state index contributed by atoms with van der Waals surface area (Å²) in [4.78, 5) is 41.8. The minimum Gasteiger partial charge on any atom is -0.489 e. The molecule has 0 radical (unpaired) electrons. The van der Waals surface area contributed by atoms with Crippen molar-refractivity contribution in [3.05, 3.63) is 202 Å². The van der Waals surface area contributed by atoms with Crippen LogP contribution in [0.15, 0.2) is 184 Å². The lowest BCUT2D eigenvalue weighted by molar-refractivity contribution is -0.150. The van der Waals surface area contributed by atoms with Gasteiger partial charge in [-0.15, -0.1) is 11.8 Å². The summed E-state index contributed by atoms with van der Waals surface area (Å²) in [5, 5.41) is 15.1. The van der Waals surface area contributed by atoms with Gasteiger partial charge in [-0.2, -0.15) is 8.88 Å². The minimum atomic E-state index is -4.15. The van der Waals surface area contributed by atoms with Gasteiger partial charge in [0.1, 0.15) is 52.9 Å². The van der Waals surface area contributed by atoms with Crippen LogP contribution in [-0.2, 0) is 37.4 Å². The second-order valence-corrected chi connectivity index (χ2v) is 21.9. The number of fused-ring (bicyclic) bond motifs is 3. The predicted molar refractivity (Wildman–Crippen MR) is 291 cm³/mol. The molecule has 6 aromatic rings. The highest BCUT2D eigenvalue weighted by atomic mass is 35.5. The van der Waals surface area contributed by atoms with Gasteiger partial charge in [-0.25, -0.2) is 13.2 Å². The number of hydrogen-bond acceptors (Lipinski definition) is 9. The maximum Gasteiger partial charge on any atom is 0.352 e. The molecule has 0 unspecified atom stereocenters. The quantitative estimate of drug-likeness (QED) is 0.0577. The molecule has 1 fully saturated rings. The van der Waals surface area contributed by atoms with Crippen molar-refractivity contribution in [1.29, 1.82) is 0 Å². The van der Waals surface area contributed by atoms with Gasteiger partial charge in [0.25, 0.3) is 5.91 Å². The number of benzene rings is 7. The summed E-state index contributed by atoms with van der Waals surface area (Å²) in [5.74, 6) is -0.865. The molecule has 13 nitrogen and oxygen atoms in total. The van der Waals surface area contributed by atoms with Crippen molar-refractivity contribution in [3.8, 4) is 28.2 Å². The van der Waals surface area contributed by atoms with Crippen LogP contribution in [-0.4, -0.2) is 85.4 Å². The smallest absolute Gasteiger partial charge is 0.352 e. The minimum absolute atomic E-state index is 0.0184. The maximum atomic E-state index is 14.9. The fourth-order valence-electron chi connectivity index (χ4n) is 9.37. The van der Waals surface area contributed by atoms with Gasteiger partial charge in [0, 0.05) is 77.9 Å². The molecule has 2 amide bonds. The highest BCUT2D eigenvalue weighted by molar-refractivity contribution is 8.00. The van der Waals surface area contributed by atoms with Crippen LogP contribution in [0.25, 0.3) is 33.4 Å². The molecule has 4 aliphatic rings. The summed E-state index contributed by atoms with van der Waals surface area (Å²) >= 11 is 14.6. The van der Waals surface area contributed by atoms with Crippen LogP contribution in [0.2, 0.25) is 10.0 Å². The number of β-lactam (4-membered cyclic amide) rings is 1. The summed E-state index contributed by atoms with van der Waals surface area (Å²) in [7, 11) is 1.22. The Morgan fingerprint density at radius 1 is 0.824 bits per heavy atom. The number of nitrogens with zero attached hydrogens (tertiary/aromatic N) is 4. The number of halogens is 2. The van der Waals surface area contributed by atoms with Crippen LogP contribution in [0.3, 0.4) is 0 Å². The molecule has 0 saturated carbocycles. The fourth-order valence-corrected chi connectivity index (χ4v) is 12.6. The number of sulfonamides is 1. The van der Waals surface area contributed by atoms with Gasteiger partial charge in [0.2, 0.25) is 27.0 Å². The molecule has 0 spiro atoms. The van der Waals surface area contributed by atoms with Gasteiger partial charge in [-0.1, -0.05) is 108 Å². The summed E-state index contributed by atoms with van der Waals surface area (Å²) in [6.07, 6.45) is 0.0987. The number of carboxylic acid groups (broad SMARTS) is 1. The molecule has 2 N–H and O–H groups in total. The average molecular weight is 1070 g/mol. The van der Waals surface area contributed by atoms with E-state index in [1.807, 2.05) is 151 Å². The first-order chi connectivity index (χ1) is 35.7. The maximum absolute atomic E-state index is 14.9. The lowest BCUT2D eigenvalue weighted by Gasteiger charge is -2.49. The summed E-state index contributed by atoms with van der Waals surface area (Å²) in [5.41, 5.74) is 6.51. The van der Waals surface area contributed by atoms with Crippen molar-refractivity contribution in [2.45, 2.75) is 29.3 Å². The zero-order valence-corrected chi connectivity index (χ0v) is 43.4. The third kappa shape index (κ3) is 9.76. The third-order valence-corrected chi connectivity index (χ3v) is 17.1. The second-order valence-electron chi connectivity index (χ2n) is 17.9. The van der Waals surface area contributed by atoms with Gasteiger partial charge in [0.15, 0.2) is 0 Å². The molecule has 74 heavy (non-hydrogen) atoms. The molecular weight excluding hydrogens is 1020 g/mol. The molecule has 1 saturated heterocycles. The van der Waals surface area contributed by atoms with Crippen LogP contribution in [0, 0.1) is 0 Å². The highest BCUT2D eigenvalue weighted by Crippen LogP contribution is 2.45. The molecular formula is C57H48Cl2N5O8S2+. The van der Waals surface area contributed by atoms with Gasteiger partial charge in [-0.05, 0) is 65.7 Å². The molecule has 0 bridgehead atoms. The van der Waals surface area contributed by atoms with Crippen molar-refractivity contribution in [2.24, 2.45) is 0 Å². The Kier molecular flexibility index (Phi) is 14.1. The number of nitrogens with one attached hydrogen (secondary N) is 1. The Morgan fingerprint density at radius 3 is 2.27 bits per heavy atom. The van der Waals surface area contributed by atoms with Crippen LogP contribution in [0.1, 0.15) is 11.1 Å². The van der Waals surface area contributed by atoms with Crippen molar-refractivity contribution >= 4 is 90.8 Å². The number of thioether (sulfide) groups is 1. The number of ether oxygens (including phenoxy) is 1. The Bertz CT molecular complexity index is 3700. The SMILES string of the molecule is CN(c1ccc2c(-c3ccccc3S(=O)(=O)N(C)Cc3ccc(OCC4=C(C(=O)O)N5C(=O)[C@@H](NC(=O)Cc6ccccc6)[C@H]5SC4)cc3)c3ccc(=[N+](C)c4ccccc4Cl)cc-3oc2c1)c1ccccc1Cl. The van der Waals surface area contributed by atoms with Crippen molar-refractivity contribution in [2.75, 3.05) is 38.4 Å². The van der Waals surface area contributed by atoms with E-state index in [1.165, 1.54) is 28.0 Å². The molecule has 2 atom stereocenters. The van der Waals surface area contributed by atoms with E-state index in [2.05, 4.69) is 5.32 Å². The number of carbonyl (C=O) groups excluding carboxylic acids is 2. The number of rotatable bonds is 15. The van der Waals surface area contributed by atoms with E-state index in [1.54, 1.807) is 36.4 Å². The second kappa shape index (κ2) is 20.8. The number of aliphatic carboxylic acids is 1. The van der Waals surface area contributed by atoms with E-state index in [4.69, 9.17) is 32.4 Å². The van der Waals surface area contributed by atoms with Gasteiger partial charge in [-0.3, -0.25) is 14.5 Å². The van der Waals surface area contributed by atoms with Gasteiger partial charge in [0.05, 0.1) is 28.1 Å². The Hall–Kier alpha value is -7.40. The zero-order chi connectivity index (χ0) is 51.8. The summed E-state index contributed by atoms with van der Waals surface area (Å²) in [6.45, 7) is -0.0833. The van der Waals surface area contributed by atoms with E-state index in [0.717, 1.165) is 28.0 Å². The summed E-state index contributed by atoms with van der Waals surface area (Å²) < 4.78 is 45.8. The van der Waals surface area contributed by atoms with Crippen LogP contribution in [0.4, 0.5) is 17.1 Å². The predicted octanol–water partition coefficient (Wildman–Crippen LogP) is 10.2. The van der Waals surface area contributed by atoms with E-state index in [-0.39, 0.29) is 41.8 Å². The molecule has 6 aromatic carbocycles. The molecule has 17 heteroatoms. The molecule has 0 aromatic heterocycles. The Morgan fingerprint density at radius 2 is 1.53 bits per heavy atom. The van der Waals surface area contributed by atoms with E-state index < -0.39 is 33.3 Å². The Balaban J connectivity index is 0.906. The molecule has 3 heterocycles. The number of carbonyl (C=O) groups is 3. The van der Waals surface area contributed by atoms with Crippen molar-refractivity contribution in [1.82, 2.24) is 19.1 Å². The lowest BCUT2D eigenvalue weighted by Crippen LogP contribution is -2.70.